The third kappa shape index (κ3) is 1.99. The Morgan fingerprint density at radius 2 is 2.00 bits per heavy atom. The maximum absolute atomic E-state index is 13.7. The molecular formula is C15H12F2N2. The van der Waals surface area contributed by atoms with Crippen LogP contribution < -0.4 is 0 Å². The number of aromatic nitrogens is 2. The number of hydrogen-bond donors (Lipinski definition) is 1. The maximum Gasteiger partial charge on any atom is 0.169 e. The Bertz CT molecular complexity index is 747. The van der Waals surface area contributed by atoms with Gasteiger partial charge in [0.05, 0.1) is 16.6 Å². The van der Waals surface area contributed by atoms with Gasteiger partial charge in [-0.3, -0.25) is 0 Å². The van der Waals surface area contributed by atoms with Crippen molar-refractivity contribution < 1.29 is 8.78 Å². The van der Waals surface area contributed by atoms with E-state index in [0.717, 1.165) is 23.5 Å². The number of H-pyrrole nitrogens is 1. The van der Waals surface area contributed by atoms with Crippen molar-refractivity contribution in [2.45, 2.75) is 13.3 Å². The largest absolute Gasteiger partial charge is 0.338 e. The van der Waals surface area contributed by atoms with E-state index < -0.39 is 11.6 Å². The summed E-state index contributed by atoms with van der Waals surface area (Å²) < 4.78 is 26.9. The maximum atomic E-state index is 13.7. The van der Waals surface area contributed by atoms with Crippen molar-refractivity contribution in [3.8, 4) is 11.4 Å². The Balaban J connectivity index is 2.18. The zero-order chi connectivity index (χ0) is 13.4. The van der Waals surface area contributed by atoms with Crippen LogP contribution in [-0.2, 0) is 6.42 Å². The van der Waals surface area contributed by atoms with E-state index in [-0.39, 0.29) is 5.56 Å². The summed E-state index contributed by atoms with van der Waals surface area (Å²) in [5.41, 5.74) is 2.89. The van der Waals surface area contributed by atoms with Gasteiger partial charge < -0.3 is 4.98 Å². The van der Waals surface area contributed by atoms with E-state index in [4.69, 9.17) is 0 Å². The van der Waals surface area contributed by atoms with Crippen LogP contribution in [-0.4, -0.2) is 9.97 Å². The zero-order valence-electron chi connectivity index (χ0n) is 10.4. The number of nitrogens with one attached hydrogen (secondary N) is 1. The van der Waals surface area contributed by atoms with Crippen molar-refractivity contribution in [1.82, 2.24) is 9.97 Å². The minimum atomic E-state index is -0.878. The van der Waals surface area contributed by atoms with Crippen LogP contribution in [0.3, 0.4) is 0 Å². The van der Waals surface area contributed by atoms with Gasteiger partial charge >= 0.3 is 0 Å². The summed E-state index contributed by atoms with van der Waals surface area (Å²) in [5, 5.41) is 0. The number of halogens is 2. The van der Waals surface area contributed by atoms with Crippen molar-refractivity contribution in [3.05, 3.63) is 53.6 Å². The molecule has 0 spiro atoms. The molecule has 0 saturated heterocycles. The van der Waals surface area contributed by atoms with Crippen molar-refractivity contribution in [2.75, 3.05) is 0 Å². The van der Waals surface area contributed by atoms with Crippen molar-refractivity contribution >= 4 is 11.0 Å². The molecule has 4 heteroatoms. The van der Waals surface area contributed by atoms with Crippen LogP contribution in [0.5, 0.6) is 0 Å². The molecule has 0 saturated carbocycles. The van der Waals surface area contributed by atoms with Gasteiger partial charge in [-0.25, -0.2) is 13.8 Å². The summed E-state index contributed by atoms with van der Waals surface area (Å²) in [7, 11) is 0. The Morgan fingerprint density at radius 1 is 1.16 bits per heavy atom. The Hall–Kier alpha value is -2.23. The number of aryl methyl sites for hydroxylation is 1. The van der Waals surface area contributed by atoms with Gasteiger partial charge in [0, 0.05) is 0 Å². The van der Waals surface area contributed by atoms with E-state index in [1.165, 1.54) is 17.7 Å². The molecule has 2 nitrogen and oxygen atoms in total. The van der Waals surface area contributed by atoms with Crippen LogP contribution in [0.15, 0.2) is 36.4 Å². The first-order chi connectivity index (χ1) is 9.19. The fourth-order valence-corrected chi connectivity index (χ4v) is 2.09. The average molecular weight is 258 g/mol. The molecule has 0 atom stereocenters. The molecule has 0 aliphatic carbocycles. The highest BCUT2D eigenvalue weighted by Crippen LogP contribution is 2.25. The van der Waals surface area contributed by atoms with E-state index in [2.05, 4.69) is 16.9 Å². The van der Waals surface area contributed by atoms with Gasteiger partial charge in [-0.05, 0) is 36.2 Å². The van der Waals surface area contributed by atoms with E-state index in [0.29, 0.717) is 5.82 Å². The third-order valence-electron chi connectivity index (χ3n) is 3.16. The normalized spacial score (nSPS) is 11.1. The van der Waals surface area contributed by atoms with E-state index in [1.54, 1.807) is 0 Å². The fourth-order valence-electron chi connectivity index (χ4n) is 2.09. The smallest absolute Gasteiger partial charge is 0.169 e. The molecule has 0 bridgehead atoms. The molecular weight excluding hydrogens is 246 g/mol. The molecule has 0 radical (unpaired) electrons. The first kappa shape index (κ1) is 11.8. The molecule has 0 amide bonds. The summed E-state index contributed by atoms with van der Waals surface area (Å²) in [6, 6.07) is 9.91. The number of imidazole rings is 1. The molecule has 0 fully saturated rings. The molecule has 0 unspecified atom stereocenters. The van der Waals surface area contributed by atoms with Crippen molar-refractivity contribution in [2.24, 2.45) is 0 Å². The second kappa shape index (κ2) is 4.46. The predicted octanol–water partition coefficient (Wildman–Crippen LogP) is 4.07. The summed E-state index contributed by atoms with van der Waals surface area (Å²) in [6.45, 7) is 2.06. The number of rotatable bonds is 2. The molecule has 3 aromatic rings. The minimum Gasteiger partial charge on any atom is -0.338 e. The van der Waals surface area contributed by atoms with E-state index >= 15 is 0 Å². The summed E-state index contributed by atoms with van der Waals surface area (Å²) >= 11 is 0. The molecule has 0 aliphatic heterocycles. The first-order valence-corrected chi connectivity index (χ1v) is 6.12. The van der Waals surface area contributed by atoms with Gasteiger partial charge in [0.15, 0.2) is 11.6 Å². The lowest BCUT2D eigenvalue weighted by atomic mass is 10.1. The number of nitrogens with zero attached hydrogens (tertiary/aromatic N) is 1. The molecule has 96 valence electrons. The van der Waals surface area contributed by atoms with Crippen LogP contribution in [0.25, 0.3) is 22.4 Å². The van der Waals surface area contributed by atoms with Crippen LogP contribution in [0, 0.1) is 11.6 Å². The monoisotopic (exact) mass is 258 g/mol. The van der Waals surface area contributed by atoms with Crippen LogP contribution in [0.1, 0.15) is 12.5 Å². The van der Waals surface area contributed by atoms with Gasteiger partial charge in [0.2, 0.25) is 0 Å². The highest BCUT2D eigenvalue weighted by Gasteiger charge is 2.13. The second-order valence-electron chi connectivity index (χ2n) is 4.39. The molecule has 0 aliphatic rings. The van der Waals surface area contributed by atoms with Gasteiger partial charge in [0.25, 0.3) is 0 Å². The van der Waals surface area contributed by atoms with Crippen molar-refractivity contribution in [3.63, 3.8) is 0 Å². The van der Waals surface area contributed by atoms with Crippen LogP contribution in [0.2, 0.25) is 0 Å². The Kier molecular flexibility index (Phi) is 2.78. The Labute approximate surface area is 109 Å². The molecule has 2 aromatic carbocycles. The SMILES string of the molecule is CCc1ccc2nc(-c3cccc(F)c3F)[nH]c2c1. The molecule has 3 rings (SSSR count). The third-order valence-corrected chi connectivity index (χ3v) is 3.16. The molecule has 1 aromatic heterocycles. The van der Waals surface area contributed by atoms with Crippen molar-refractivity contribution in [1.29, 1.82) is 0 Å². The average Bonchev–Trinajstić information content (AvgIpc) is 2.84. The lowest BCUT2D eigenvalue weighted by molar-refractivity contribution is 0.510. The predicted molar refractivity (Wildman–Crippen MR) is 70.8 cm³/mol. The highest BCUT2D eigenvalue weighted by atomic mass is 19.2. The topological polar surface area (TPSA) is 28.7 Å². The summed E-state index contributed by atoms with van der Waals surface area (Å²) in [5.74, 6) is -1.40. The molecule has 1 N–H and O–H groups in total. The Morgan fingerprint density at radius 3 is 2.79 bits per heavy atom. The van der Waals surface area contributed by atoms with E-state index in [1.807, 2.05) is 18.2 Å². The summed E-state index contributed by atoms with van der Waals surface area (Å²) in [4.78, 5) is 7.33. The van der Waals surface area contributed by atoms with Gasteiger partial charge in [-0.15, -0.1) is 0 Å². The second-order valence-corrected chi connectivity index (χ2v) is 4.39. The zero-order valence-corrected chi connectivity index (χ0v) is 10.4. The number of hydrogen-bond acceptors (Lipinski definition) is 1. The minimum absolute atomic E-state index is 0.147. The summed E-state index contributed by atoms with van der Waals surface area (Å²) in [6.07, 6.45) is 0.915. The molecule has 19 heavy (non-hydrogen) atoms. The quantitative estimate of drug-likeness (QED) is 0.737. The standard InChI is InChI=1S/C15H12F2N2/c1-2-9-6-7-12-13(8-9)19-15(18-12)10-4-3-5-11(16)14(10)17/h3-8H,2H2,1H3,(H,18,19). The van der Waals surface area contributed by atoms with Crippen LogP contribution >= 0.6 is 0 Å². The number of benzene rings is 2. The highest BCUT2D eigenvalue weighted by molar-refractivity contribution is 5.80. The lowest BCUT2D eigenvalue weighted by Crippen LogP contribution is -1.90. The van der Waals surface area contributed by atoms with Gasteiger partial charge in [-0.1, -0.05) is 19.1 Å². The number of fused-ring (bicyclic) bond motifs is 1. The molecule has 1 heterocycles. The van der Waals surface area contributed by atoms with Crippen LogP contribution in [0.4, 0.5) is 8.78 Å². The first-order valence-electron chi connectivity index (χ1n) is 6.12. The van der Waals surface area contributed by atoms with Gasteiger partial charge in [0.1, 0.15) is 5.82 Å². The number of aromatic amines is 1. The lowest BCUT2D eigenvalue weighted by Gasteiger charge is -1.99. The van der Waals surface area contributed by atoms with E-state index in [9.17, 15) is 8.78 Å². The fraction of sp³-hybridized carbons (Fsp3) is 0.133. The van der Waals surface area contributed by atoms with Gasteiger partial charge in [-0.2, -0.15) is 0 Å².